The second-order valence-electron chi connectivity index (χ2n) is 5.08. The lowest BCUT2D eigenvalue weighted by molar-refractivity contribution is 0.0763. The summed E-state index contributed by atoms with van der Waals surface area (Å²) in [7, 11) is -0.395. The molecule has 0 atom stereocenters. The zero-order valence-corrected chi connectivity index (χ0v) is 13.1. The monoisotopic (exact) mass is 312 g/mol. The Labute approximate surface area is 125 Å². The second kappa shape index (κ2) is 6.50. The van der Waals surface area contributed by atoms with Gasteiger partial charge in [-0.25, -0.2) is 0 Å². The topological polar surface area (TPSA) is 73.8 Å². The van der Waals surface area contributed by atoms with Crippen LogP contribution in [0.3, 0.4) is 0 Å². The third-order valence-electron chi connectivity index (χ3n) is 3.44. The highest BCUT2D eigenvalue weighted by molar-refractivity contribution is 7.86. The molecule has 21 heavy (non-hydrogen) atoms. The average molecular weight is 312 g/mol. The van der Waals surface area contributed by atoms with Gasteiger partial charge < -0.3 is 4.90 Å². The smallest absolute Gasteiger partial charge is 0.281 e. The maximum Gasteiger partial charge on any atom is 0.281 e. The van der Waals surface area contributed by atoms with Crippen molar-refractivity contribution in [2.75, 3.05) is 40.3 Å². The summed E-state index contributed by atoms with van der Waals surface area (Å²) in [4.78, 5) is 18.0. The van der Waals surface area contributed by atoms with Gasteiger partial charge in [-0.05, 0) is 18.6 Å². The predicted molar refractivity (Wildman–Crippen MR) is 78.9 cm³/mol. The fraction of sp³-hybridized carbons (Fsp3) is 0.538. The Balaban J connectivity index is 2.06. The van der Waals surface area contributed by atoms with Crippen molar-refractivity contribution in [3.05, 3.63) is 30.1 Å². The quantitative estimate of drug-likeness (QED) is 0.789. The number of hydrogen-bond acceptors (Lipinski definition) is 4. The number of amides is 1. The molecule has 1 aliphatic heterocycles. The second-order valence-corrected chi connectivity index (χ2v) is 7.22. The number of carbonyl (C=O) groups is 1. The van der Waals surface area contributed by atoms with E-state index in [1.54, 1.807) is 23.2 Å². The van der Waals surface area contributed by atoms with Gasteiger partial charge in [-0.3, -0.25) is 9.78 Å². The van der Waals surface area contributed by atoms with Gasteiger partial charge in [0, 0.05) is 52.7 Å². The normalized spacial score (nSPS) is 17.8. The molecule has 116 valence electrons. The van der Waals surface area contributed by atoms with Gasteiger partial charge in [-0.2, -0.15) is 17.0 Å². The Morgan fingerprint density at radius 3 is 2.62 bits per heavy atom. The molecule has 0 aromatic carbocycles. The lowest BCUT2D eigenvalue weighted by Gasteiger charge is -2.24. The first-order valence-corrected chi connectivity index (χ1v) is 8.19. The maximum absolute atomic E-state index is 12.4. The Kier molecular flexibility index (Phi) is 4.92. The molecule has 1 amide bonds. The van der Waals surface area contributed by atoms with Crippen LogP contribution in [0.4, 0.5) is 0 Å². The molecular formula is C13H20N4O3S. The molecular weight excluding hydrogens is 292 g/mol. The molecule has 8 heteroatoms. The fourth-order valence-electron chi connectivity index (χ4n) is 2.23. The van der Waals surface area contributed by atoms with Crippen LogP contribution in [0, 0.1) is 0 Å². The molecule has 7 nitrogen and oxygen atoms in total. The molecule has 2 heterocycles. The zero-order chi connectivity index (χ0) is 15.5. The highest BCUT2D eigenvalue weighted by atomic mass is 32.2. The van der Waals surface area contributed by atoms with Crippen LogP contribution in [0.15, 0.2) is 24.5 Å². The van der Waals surface area contributed by atoms with E-state index in [0.29, 0.717) is 38.2 Å². The lowest BCUT2D eigenvalue weighted by atomic mass is 10.2. The Morgan fingerprint density at radius 2 is 2.00 bits per heavy atom. The average Bonchev–Trinajstić information content (AvgIpc) is 2.73. The summed E-state index contributed by atoms with van der Waals surface area (Å²) in [5, 5.41) is 0. The summed E-state index contributed by atoms with van der Waals surface area (Å²) in [6, 6.07) is 3.43. The van der Waals surface area contributed by atoms with Crippen molar-refractivity contribution < 1.29 is 13.2 Å². The van der Waals surface area contributed by atoms with Crippen LogP contribution in [-0.4, -0.2) is 73.1 Å². The van der Waals surface area contributed by atoms with E-state index in [0.717, 1.165) is 0 Å². The van der Waals surface area contributed by atoms with E-state index in [9.17, 15) is 13.2 Å². The molecule has 1 saturated heterocycles. The SMILES string of the molecule is CN(C)S(=O)(=O)N1CCCN(C(=O)c2cccnc2)CC1. The molecule has 1 aromatic rings. The third kappa shape index (κ3) is 3.58. The van der Waals surface area contributed by atoms with Gasteiger partial charge in [0.2, 0.25) is 0 Å². The van der Waals surface area contributed by atoms with Crippen molar-refractivity contribution in [2.45, 2.75) is 6.42 Å². The van der Waals surface area contributed by atoms with E-state index in [2.05, 4.69) is 4.98 Å². The summed E-state index contributed by atoms with van der Waals surface area (Å²) in [5.41, 5.74) is 0.529. The van der Waals surface area contributed by atoms with Gasteiger partial charge in [0.1, 0.15) is 0 Å². The van der Waals surface area contributed by atoms with Gasteiger partial charge in [-0.1, -0.05) is 0 Å². The highest BCUT2D eigenvalue weighted by Gasteiger charge is 2.28. The third-order valence-corrected chi connectivity index (χ3v) is 5.38. The fourth-order valence-corrected chi connectivity index (χ4v) is 3.36. The molecule has 0 unspecified atom stereocenters. The minimum absolute atomic E-state index is 0.104. The minimum Gasteiger partial charge on any atom is -0.337 e. The van der Waals surface area contributed by atoms with Crippen molar-refractivity contribution in [3.63, 3.8) is 0 Å². The van der Waals surface area contributed by atoms with Gasteiger partial charge in [-0.15, -0.1) is 0 Å². The number of rotatable bonds is 3. The van der Waals surface area contributed by atoms with Crippen molar-refractivity contribution >= 4 is 16.1 Å². The summed E-state index contributed by atoms with van der Waals surface area (Å²) in [6.45, 7) is 1.68. The summed E-state index contributed by atoms with van der Waals surface area (Å²) in [6.07, 6.45) is 3.77. The van der Waals surface area contributed by atoms with Crippen LogP contribution in [0.5, 0.6) is 0 Å². The standard InChI is InChI=1S/C13H20N4O3S/c1-15(2)21(19,20)17-8-4-7-16(9-10-17)13(18)12-5-3-6-14-11-12/h3,5-6,11H,4,7-10H2,1-2H3. The van der Waals surface area contributed by atoms with Crippen molar-refractivity contribution in [1.82, 2.24) is 18.5 Å². The molecule has 0 saturated carbocycles. The van der Waals surface area contributed by atoms with Crippen LogP contribution < -0.4 is 0 Å². The van der Waals surface area contributed by atoms with E-state index in [1.165, 1.54) is 28.9 Å². The first kappa shape index (κ1) is 15.9. The number of hydrogen-bond donors (Lipinski definition) is 0. The molecule has 0 aliphatic carbocycles. The molecule has 0 bridgehead atoms. The summed E-state index contributed by atoms with van der Waals surface area (Å²) in [5.74, 6) is -0.104. The van der Waals surface area contributed by atoms with E-state index >= 15 is 0 Å². The van der Waals surface area contributed by atoms with Crippen molar-refractivity contribution in [2.24, 2.45) is 0 Å². The van der Waals surface area contributed by atoms with Crippen LogP contribution in [0.25, 0.3) is 0 Å². The number of nitrogens with zero attached hydrogens (tertiary/aromatic N) is 4. The minimum atomic E-state index is -3.42. The van der Waals surface area contributed by atoms with Gasteiger partial charge in [0.25, 0.3) is 16.1 Å². The van der Waals surface area contributed by atoms with E-state index in [1.807, 2.05) is 0 Å². The van der Waals surface area contributed by atoms with E-state index in [4.69, 9.17) is 0 Å². The van der Waals surface area contributed by atoms with Gasteiger partial charge >= 0.3 is 0 Å². The zero-order valence-electron chi connectivity index (χ0n) is 12.3. The molecule has 1 aliphatic rings. The van der Waals surface area contributed by atoms with Crippen LogP contribution >= 0.6 is 0 Å². The lowest BCUT2D eigenvalue weighted by Crippen LogP contribution is -2.42. The maximum atomic E-state index is 12.4. The largest absolute Gasteiger partial charge is 0.337 e. The van der Waals surface area contributed by atoms with Crippen molar-refractivity contribution in [3.8, 4) is 0 Å². The van der Waals surface area contributed by atoms with Crippen molar-refractivity contribution in [1.29, 1.82) is 0 Å². The molecule has 0 radical (unpaired) electrons. The van der Waals surface area contributed by atoms with Crippen LogP contribution in [-0.2, 0) is 10.2 Å². The molecule has 2 rings (SSSR count). The number of pyridine rings is 1. The number of aromatic nitrogens is 1. The first-order chi connectivity index (χ1) is 9.93. The number of carbonyl (C=O) groups excluding carboxylic acids is 1. The molecule has 0 N–H and O–H groups in total. The van der Waals surface area contributed by atoms with Gasteiger partial charge in [0.05, 0.1) is 5.56 Å². The summed E-state index contributed by atoms with van der Waals surface area (Å²) >= 11 is 0. The van der Waals surface area contributed by atoms with Crippen LogP contribution in [0.1, 0.15) is 16.8 Å². The predicted octanol–water partition coefficient (Wildman–Crippen LogP) is 0.0359. The van der Waals surface area contributed by atoms with Gasteiger partial charge in [0.15, 0.2) is 0 Å². The van der Waals surface area contributed by atoms with E-state index in [-0.39, 0.29) is 5.91 Å². The van der Waals surface area contributed by atoms with Crippen LogP contribution in [0.2, 0.25) is 0 Å². The highest BCUT2D eigenvalue weighted by Crippen LogP contribution is 2.12. The Bertz CT molecular complexity index is 589. The summed E-state index contributed by atoms with van der Waals surface area (Å²) < 4.78 is 26.9. The van der Waals surface area contributed by atoms with E-state index < -0.39 is 10.2 Å². The Hall–Kier alpha value is -1.51. The molecule has 0 spiro atoms. The Morgan fingerprint density at radius 1 is 1.24 bits per heavy atom. The molecule has 1 aromatic heterocycles. The molecule has 1 fully saturated rings. The first-order valence-electron chi connectivity index (χ1n) is 6.80.